The average Bonchev–Trinajstić information content (AvgIpc) is 2.55. The summed E-state index contributed by atoms with van der Waals surface area (Å²) in [5.74, 6) is 0.881. The van der Waals surface area contributed by atoms with E-state index >= 15 is 0 Å². The molecule has 0 radical (unpaired) electrons. The van der Waals surface area contributed by atoms with Gasteiger partial charge in [-0.2, -0.15) is 0 Å². The van der Waals surface area contributed by atoms with E-state index in [1.165, 1.54) is 25.7 Å². The van der Waals surface area contributed by atoms with Crippen molar-refractivity contribution in [3.05, 3.63) is 0 Å². The van der Waals surface area contributed by atoms with Gasteiger partial charge < -0.3 is 10.0 Å². The van der Waals surface area contributed by atoms with Crippen molar-refractivity contribution >= 4 is 0 Å². The summed E-state index contributed by atoms with van der Waals surface area (Å²) in [6.07, 6.45) is 5.36. The fourth-order valence-corrected chi connectivity index (χ4v) is 2.13. The maximum atomic E-state index is 9.42. The van der Waals surface area contributed by atoms with Crippen molar-refractivity contribution < 1.29 is 5.11 Å². The van der Waals surface area contributed by atoms with Crippen LogP contribution in [0.4, 0.5) is 0 Å². The van der Waals surface area contributed by atoms with Crippen LogP contribution in [0.1, 0.15) is 39.5 Å². The van der Waals surface area contributed by atoms with Crippen LogP contribution in [0.25, 0.3) is 0 Å². The molecule has 13 heavy (non-hydrogen) atoms. The third-order valence-corrected chi connectivity index (χ3v) is 3.41. The minimum Gasteiger partial charge on any atom is -0.392 e. The van der Waals surface area contributed by atoms with Gasteiger partial charge in [0, 0.05) is 12.6 Å². The first kappa shape index (κ1) is 11.0. The van der Waals surface area contributed by atoms with Crippen LogP contribution in [0, 0.1) is 5.92 Å². The summed E-state index contributed by atoms with van der Waals surface area (Å²) < 4.78 is 0. The molecule has 0 aromatic rings. The molecule has 0 bridgehead atoms. The zero-order chi connectivity index (χ0) is 9.84. The molecule has 1 N–H and O–H groups in total. The first-order valence-corrected chi connectivity index (χ1v) is 5.49. The van der Waals surface area contributed by atoms with E-state index in [4.69, 9.17) is 0 Å². The molecule has 2 atom stereocenters. The van der Waals surface area contributed by atoms with Gasteiger partial charge in [0.05, 0.1) is 6.10 Å². The highest BCUT2D eigenvalue weighted by atomic mass is 16.3. The monoisotopic (exact) mass is 185 g/mol. The number of nitrogens with zero attached hydrogens (tertiary/aromatic N) is 1. The Labute approximate surface area is 81.9 Å². The normalized spacial score (nSPS) is 23.8. The lowest BCUT2D eigenvalue weighted by Gasteiger charge is -2.29. The van der Waals surface area contributed by atoms with E-state index in [1.54, 1.807) is 0 Å². The van der Waals surface area contributed by atoms with Gasteiger partial charge in [-0.3, -0.25) is 0 Å². The SMILES string of the molecule is CC(O)C(C)N(C)CC1CCCC1. The van der Waals surface area contributed by atoms with Crippen molar-refractivity contribution in [3.63, 3.8) is 0 Å². The van der Waals surface area contributed by atoms with Gasteiger partial charge in [-0.1, -0.05) is 12.8 Å². The Hall–Kier alpha value is -0.0800. The molecule has 78 valence electrons. The number of likely N-dealkylation sites (N-methyl/N-ethyl adjacent to an activating group) is 1. The van der Waals surface area contributed by atoms with Crippen LogP contribution in [0.2, 0.25) is 0 Å². The van der Waals surface area contributed by atoms with E-state index in [-0.39, 0.29) is 6.10 Å². The predicted octanol–water partition coefficient (Wildman–Crippen LogP) is 1.88. The Bertz CT molecular complexity index is 141. The number of hydrogen-bond donors (Lipinski definition) is 1. The smallest absolute Gasteiger partial charge is 0.0664 e. The van der Waals surface area contributed by atoms with Gasteiger partial charge in [0.25, 0.3) is 0 Å². The third kappa shape index (κ3) is 3.28. The molecular weight excluding hydrogens is 162 g/mol. The number of rotatable bonds is 4. The molecule has 1 aliphatic rings. The Morgan fingerprint density at radius 1 is 1.31 bits per heavy atom. The molecule has 0 saturated heterocycles. The summed E-state index contributed by atoms with van der Waals surface area (Å²) in [6, 6.07) is 0.292. The minimum atomic E-state index is -0.216. The second-order valence-electron chi connectivity index (χ2n) is 4.57. The quantitative estimate of drug-likeness (QED) is 0.723. The lowest BCUT2D eigenvalue weighted by Crippen LogP contribution is -2.39. The van der Waals surface area contributed by atoms with Crippen molar-refractivity contribution in [2.75, 3.05) is 13.6 Å². The Kier molecular flexibility index (Phi) is 4.20. The summed E-state index contributed by atoms with van der Waals surface area (Å²) in [5, 5.41) is 9.42. The van der Waals surface area contributed by atoms with Crippen LogP contribution in [-0.4, -0.2) is 35.7 Å². The van der Waals surface area contributed by atoms with Gasteiger partial charge in [0.15, 0.2) is 0 Å². The molecule has 2 nitrogen and oxygen atoms in total. The van der Waals surface area contributed by atoms with Crippen molar-refractivity contribution in [2.45, 2.75) is 51.7 Å². The van der Waals surface area contributed by atoms with Crippen molar-refractivity contribution in [2.24, 2.45) is 5.92 Å². The zero-order valence-electron chi connectivity index (χ0n) is 9.16. The summed E-state index contributed by atoms with van der Waals surface area (Å²) in [7, 11) is 2.12. The Morgan fingerprint density at radius 3 is 2.31 bits per heavy atom. The second-order valence-corrected chi connectivity index (χ2v) is 4.57. The van der Waals surface area contributed by atoms with Crippen LogP contribution in [0.15, 0.2) is 0 Å². The summed E-state index contributed by atoms with van der Waals surface area (Å²) in [6.45, 7) is 5.13. The van der Waals surface area contributed by atoms with Crippen LogP contribution in [-0.2, 0) is 0 Å². The van der Waals surface area contributed by atoms with Crippen LogP contribution in [0.3, 0.4) is 0 Å². The molecule has 0 heterocycles. The summed E-state index contributed by atoms with van der Waals surface area (Å²) in [4.78, 5) is 2.29. The zero-order valence-corrected chi connectivity index (χ0v) is 9.16. The van der Waals surface area contributed by atoms with E-state index in [1.807, 2.05) is 6.92 Å². The molecule has 0 amide bonds. The summed E-state index contributed by atoms with van der Waals surface area (Å²) in [5.41, 5.74) is 0. The maximum absolute atomic E-state index is 9.42. The van der Waals surface area contributed by atoms with Gasteiger partial charge >= 0.3 is 0 Å². The minimum absolute atomic E-state index is 0.216. The maximum Gasteiger partial charge on any atom is 0.0664 e. The van der Waals surface area contributed by atoms with Gasteiger partial charge in [-0.25, -0.2) is 0 Å². The predicted molar refractivity (Wildman–Crippen MR) is 55.7 cm³/mol. The standard InChI is InChI=1S/C11H23NO/c1-9(10(2)13)12(3)8-11-6-4-5-7-11/h9-11,13H,4-8H2,1-3H3. The van der Waals surface area contributed by atoms with Gasteiger partial charge in [0.2, 0.25) is 0 Å². The fraction of sp³-hybridized carbons (Fsp3) is 1.00. The molecule has 1 saturated carbocycles. The van der Waals surface area contributed by atoms with Crippen molar-refractivity contribution in [1.29, 1.82) is 0 Å². The molecule has 1 fully saturated rings. The molecule has 1 rings (SSSR count). The highest BCUT2D eigenvalue weighted by molar-refractivity contribution is 4.75. The molecule has 0 spiro atoms. The first-order valence-electron chi connectivity index (χ1n) is 5.49. The lowest BCUT2D eigenvalue weighted by molar-refractivity contribution is 0.0779. The number of aliphatic hydroxyl groups is 1. The molecule has 2 unspecified atom stereocenters. The van der Waals surface area contributed by atoms with E-state index < -0.39 is 0 Å². The highest BCUT2D eigenvalue weighted by Crippen LogP contribution is 2.25. The van der Waals surface area contributed by atoms with Crippen molar-refractivity contribution in [1.82, 2.24) is 4.90 Å². The fourth-order valence-electron chi connectivity index (χ4n) is 2.13. The van der Waals surface area contributed by atoms with Gasteiger partial charge in [-0.15, -0.1) is 0 Å². The molecular formula is C11H23NO. The topological polar surface area (TPSA) is 23.5 Å². The third-order valence-electron chi connectivity index (χ3n) is 3.41. The molecule has 1 aliphatic carbocycles. The number of hydrogen-bond acceptors (Lipinski definition) is 2. The first-order chi connectivity index (χ1) is 6.11. The highest BCUT2D eigenvalue weighted by Gasteiger charge is 2.21. The van der Waals surface area contributed by atoms with Crippen molar-refractivity contribution in [3.8, 4) is 0 Å². The van der Waals surface area contributed by atoms with Crippen LogP contribution < -0.4 is 0 Å². The van der Waals surface area contributed by atoms with Crippen LogP contribution in [0.5, 0.6) is 0 Å². The van der Waals surface area contributed by atoms with E-state index in [0.717, 1.165) is 12.5 Å². The van der Waals surface area contributed by atoms with E-state index in [9.17, 15) is 5.11 Å². The Morgan fingerprint density at radius 2 is 1.85 bits per heavy atom. The number of aliphatic hydroxyl groups excluding tert-OH is 1. The summed E-state index contributed by atoms with van der Waals surface area (Å²) >= 11 is 0. The molecule has 0 aliphatic heterocycles. The molecule has 0 aromatic carbocycles. The van der Waals surface area contributed by atoms with Gasteiger partial charge in [-0.05, 0) is 39.7 Å². The largest absolute Gasteiger partial charge is 0.392 e. The molecule has 2 heteroatoms. The second kappa shape index (κ2) is 4.97. The Balaban J connectivity index is 2.26. The van der Waals surface area contributed by atoms with Crippen LogP contribution >= 0.6 is 0 Å². The van der Waals surface area contributed by atoms with Gasteiger partial charge in [0.1, 0.15) is 0 Å². The van der Waals surface area contributed by atoms with E-state index in [0.29, 0.717) is 6.04 Å². The molecule has 0 aromatic heterocycles. The lowest BCUT2D eigenvalue weighted by atomic mass is 10.1. The van der Waals surface area contributed by atoms with E-state index in [2.05, 4.69) is 18.9 Å². The average molecular weight is 185 g/mol.